The molecule has 1 aliphatic rings. The number of aromatic amines is 1. The molecule has 3 nitrogen and oxygen atoms in total. The van der Waals surface area contributed by atoms with Crippen molar-refractivity contribution in [3.63, 3.8) is 0 Å². The van der Waals surface area contributed by atoms with Crippen molar-refractivity contribution in [3.8, 4) is 0 Å². The van der Waals surface area contributed by atoms with E-state index >= 15 is 0 Å². The number of hydrogen-bond acceptors (Lipinski definition) is 1. The van der Waals surface area contributed by atoms with E-state index < -0.39 is 0 Å². The Morgan fingerprint density at radius 2 is 2.22 bits per heavy atom. The Balaban J connectivity index is 1.78. The molecule has 0 saturated heterocycles. The minimum absolute atomic E-state index is 0.0526. The number of nitrogens with one attached hydrogen (secondary N) is 2. The van der Waals surface area contributed by atoms with Crippen molar-refractivity contribution >= 4 is 16.8 Å². The number of carbonyl (C=O) groups is 1. The summed E-state index contributed by atoms with van der Waals surface area (Å²) in [5, 5.41) is 4.24. The molecule has 1 aliphatic carbocycles. The number of carbonyl (C=O) groups excluding carboxylic acids is 1. The lowest BCUT2D eigenvalue weighted by atomic mass is 10.1. The van der Waals surface area contributed by atoms with Gasteiger partial charge in [-0.1, -0.05) is 13.3 Å². The van der Waals surface area contributed by atoms with Crippen LogP contribution in [-0.4, -0.2) is 16.9 Å². The van der Waals surface area contributed by atoms with E-state index in [1.807, 2.05) is 30.5 Å². The first-order valence-electron chi connectivity index (χ1n) is 6.62. The molecule has 3 heteroatoms. The van der Waals surface area contributed by atoms with Gasteiger partial charge in [-0.25, -0.2) is 0 Å². The molecule has 94 valence electrons. The number of fused-ring (bicyclic) bond motifs is 1. The Bertz CT molecular complexity index is 573. The van der Waals surface area contributed by atoms with Crippen molar-refractivity contribution in [1.29, 1.82) is 0 Å². The van der Waals surface area contributed by atoms with Crippen molar-refractivity contribution in [2.75, 3.05) is 0 Å². The summed E-state index contributed by atoms with van der Waals surface area (Å²) < 4.78 is 0. The normalized spacial score (nSPS) is 23.4. The van der Waals surface area contributed by atoms with Crippen molar-refractivity contribution < 1.29 is 4.79 Å². The topological polar surface area (TPSA) is 44.9 Å². The fourth-order valence-corrected chi connectivity index (χ4v) is 2.81. The van der Waals surface area contributed by atoms with E-state index in [2.05, 4.69) is 17.2 Å². The predicted octanol–water partition coefficient (Wildman–Crippen LogP) is 3.09. The van der Waals surface area contributed by atoms with E-state index in [-0.39, 0.29) is 5.91 Å². The Morgan fingerprint density at radius 1 is 1.33 bits per heavy atom. The number of benzene rings is 1. The van der Waals surface area contributed by atoms with Gasteiger partial charge in [-0.2, -0.15) is 0 Å². The molecular weight excluding hydrogens is 224 g/mol. The van der Waals surface area contributed by atoms with Gasteiger partial charge >= 0.3 is 0 Å². The molecule has 1 aromatic heterocycles. The SMILES string of the molecule is CC1CCCC1NC(=O)c1ccc2[nH]ccc2c1. The number of amides is 1. The second-order valence-corrected chi connectivity index (χ2v) is 5.27. The largest absolute Gasteiger partial charge is 0.361 e. The van der Waals surface area contributed by atoms with Crippen LogP contribution in [0.4, 0.5) is 0 Å². The van der Waals surface area contributed by atoms with Crippen LogP contribution in [0.5, 0.6) is 0 Å². The summed E-state index contributed by atoms with van der Waals surface area (Å²) in [4.78, 5) is 15.3. The number of rotatable bonds is 2. The molecule has 0 radical (unpaired) electrons. The smallest absolute Gasteiger partial charge is 0.251 e. The molecule has 0 spiro atoms. The minimum Gasteiger partial charge on any atom is -0.361 e. The van der Waals surface area contributed by atoms with Gasteiger partial charge in [-0.05, 0) is 43.0 Å². The second kappa shape index (κ2) is 4.48. The molecule has 0 aliphatic heterocycles. The second-order valence-electron chi connectivity index (χ2n) is 5.27. The van der Waals surface area contributed by atoms with Crippen molar-refractivity contribution in [2.24, 2.45) is 5.92 Å². The lowest BCUT2D eigenvalue weighted by Crippen LogP contribution is -2.36. The molecule has 3 rings (SSSR count). The van der Waals surface area contributed by atoms with Crippen molar-refractivity contribution in [3.05, 3.63) is 36.0 Å². The third kappa shape index (κ3) is 2.01. The molecule has 2 aromatic rings. The minimum atomic E-state index is 0.0526. The van der Waals surface area contributed by atoms with Crippen LogP contribution in [0.3, 0.4) is 0 Å². The van der Waals surface area contributed by atoms with Gasteiger partial charge in [0.2, 0.25) is 0 Å². The van der Waals surface area contributed by atoms with Crippen molar-refractivity contribution in [2.45, 2.75) is 32.2 Å². The maximum atomic E-state index is 12.2. The van der Waals surface area contributed by atoms with E-state index in [4.69, 9.17) is 0 Å². The summed E-state index contributed by atoms with van der Waals surface area (Å²) in [7, 11) is 0. The first kappa shape index (κ1) is 11.3. The first-order chi connectivity index (χ1) is 8.74. The third-order valence-corrected chi connectivity index (χ3v) is 3.99. The van der Waals surface area contributed by atoms with Crippen LogP contribution >= 0.6 is 0 Å². The molecule has 1 amide bonds. The lowest BCUT2D eigenvalue weighted by molar-refractivity contribution is 0.0930. The van der Waals surface area contributed by atoms with Gasteiger partial charge in [0.1, 0.15) is 0 Å². The maximum Gasteiger partial charge on any atom is 0.251 e. The van der Waals surface area contributed by atoms with Gasteiger partial charge in [-0.15, -0.1) is 0 Å². The van der Waals surface area contributed by atoms with Gasteiger partial charge in [0, 0.05) is 28.7 Å². The quantitative estimate of drug-likeness (QED) is 0.835. The molecule has 2 N–H and O–H groups in total. The van der Waals surface area contributed by atoms with Crippen LogP contribution in [0.25, 0.3) is 10.9 Å². The molecule has 1 aromatic carbocycles. The average molecular weight is 242 g/mol. The maximum absolute atomic E-state index is 12.2. The fourth-order valence-electron chi connectivity index (χ4n) is 2.81. The zero-order chi connectivity index (χ0) is 12.5. The third-order valence-electron chi connectivity index (χ3n) is 3.99. The van der Waals surface area contributed by atoms with Gasteiger partial charge in [0.05, 0.1) is 0 Å². The number of aromatic nitrogens is 1. The molecule has 2 atom stereocenters. The summed E-state index contributed by atoms with van der Waals surface area (Å²) in [6.45, 7) is 2.22. The molecule has 1 fully saturated rings. The summed E-state index contributed by atoms with van der Waals surface area (Å²) in [6.07, 6.45) is 5.45. The molecule has 18 heavy (non-hydrogen) atoms. The van der Waals surface area contributed by atoms with Crippen LogP contribution in [0, 0.1) is 5.92 Å². The van der Waals surface area contributed by atoms with E-state index in [0.29, 0.717) is 12.0 Å². The molecular formula is C15H18N2O. The van der Waals surface area contributed by atoms with Crippen LogP contribution in [0.1, 0.15) is 36.5 Å². The van der Waals surface area contributed by atoms with E-state index in [0.717, 1.165) is 22.9 Å². The van der Waals surface area contributed by atoms with Crippen LogP contribution in [0.15, 0.2) is 30.5 Å². The zero-order valence-corrected chi connectivity index (χ0v) is 10.6. The Kier molecular flexibility index (Phi) is 2.82. The summed E-state index contributed by atoms with van der Waals surface area (Å²) in [6, 6.07) is 8.13. The van der Waals surface area contributed by atoms with E-state index in [1.165, 1.54) is 12.8 Å². The highest BCUT2D eigenvalue weighted by Crippen LogP contribution is 2.25. The van der Waals surface area contributed by atoms with Gasteiger partial charge in [0.25, 0.3) is 5.91 Å². The lowest BCUT2D eigenvalue weighted by Gasteiger charge is -2.17. The van der Waals surface area contributed by atoms with Crippen molar-refractivity contribution in [1.82, 2.24) is 10.3 Å². The highest BCUT2D eigenvalue weighted by Gasteiger charge is 2.25. The van der Waals surface area contributed by atoms with Crippen LogP contribution in [-0.2, 0) is 0 Å². The average Bonchev–Trinajstić information content (AvgIpc) is 2.98. The number of H-pyrrole nitrogens is 1. The summed E-state index contributed by atoms with van der Waals surface area (Å²) in [5.74, 6) is 0.654. The zero-order valence-electron chi connectivity index (χ0n) is 10.6. The highest BCUT2D eigenvalue weighted by molar-refractivity contribution is 5.98. The monoisotopic (exact) mass is 242 g/mol. The molecule has 0 bridgehead atoms. The summed E-state index contributed by atoms with van der Waals surface area (Å²) in [5.41, 5.74) is 1.82. The highest BCUT2D eigenvalue weighted by atomic mass is 16.1. The van der Waals surface area contributed by atoms with E-state index in [9.17, 15) is 4.79 Å². The van der Waals surface area contributed by atoms with Gasteiger partial charge in [0.15, 0.2) is 0 Å². The molecule has 1 saturated carbocycles. The first-order valence-corrected chi connectivity index (χ1v) is 6.62. The molecule has 1 heterocycles. The van der Waals surface area contributed by atoms with Gasteiger partial charge in [-0.3, -0.25) is 4.79 Å². The predicted molar refractivity (Wildman–Crippen MR) is 72.6 cm³/mol. The summed E-state index contributed by atoms with van der Waals surface area (Å²) >= 11 is 0. The van der Waals surface area contributed by atoms with Gasteiger partial charge < -0.3 is 10.3 Å². The van der Waals surface area contributed by atoms with Crippen LogP contribution < -0.4 is 5.32 Å². The van der Waals surface area contributed by atoms with Crippen LogP contribution in [0.2, 0.25) is 0 Å². The fraction of sp³-hybridized carbons (Fsp3) is 0.400. The number of hydrogen-bond donors (Lipinski definition) is 2. The standard InChI is InChI=1S/C15H18N2O/c1-10-3-2-4-13(10)17-15(18)12-5-6-14-11(9-12)7-8-16-14/h5-10,13,16H,2-4H2,1H3,(H,17,18). The Labute approximate surface area is 107 Å². The Hall–Kier alpha value is -1.77. The van der Waals surface area contributed by atoms with E-state index in [1.54, 1.807) is 0 Å². The Morgan fingerprint density at radius 3 is 3.00 bits per heavy atom. The molecule has 2 unspecified atom stereocenters.